The van der Waals surface area contributed by atoms with E-state index in [0.29, 0.717) is 6.23 Å². The van der Waals surface area contributed by atoms with Crippen molar-refractivity contribution in [3.8, 4) is 0 Å². The molecule has 0 aromatic carbocycles. The zero-order valence-corrected chi connectivity index (χ0v) is 7.35. The Kier molecular flexibility index (Phi) is 2.02. The van der Waals surface area contributed by atoms with Crippen molar-refractivity contribution in [2.24, 2.45) is 0 Å². The van der Waals surface area contributed by atoms with Crippen molar-refractivity contribution in [3.05, 3.63) is 0 Å². The second-order valence-corrected chi connectivity index (χ2v) is 3.83. The lowest BCUT2D eigenvalue weighted by molar-refractivity contribution is 0.00516. The summed E-state index contributed by atoms with van der Waals surface area (Å²) in [5.74, 6) is 0. The standard InChI is InChI=1S/C8H17NO/c1-7-9(5-6-10-7)8(2,3)4/h7H,5-6H2,1-4H3. The van der Waals surface area contributed by atoms with Gasteiger partial charge in [0.15, 0.2) is 0 Å². The summed E-state index contributed by atoms with van der Waals surface area (Å²) >= 11 is 0. The number of hydrogen-bond donors (Lipinski definition) is 0. The maximum absolute atomic E-state index is 5.42. The van der Waals surface area contributed by atoms with Gasteiger partial charge in [-0.25, -0.2) is 0 Å². The van der Waals surface area contributed by atoms with E-state index >= 15 is 0 Å². The zero-order chi connectivity index (χ0) is 7.78. The molecule has 0 saturated carbocycles. The first-order valence-electron chi connectivity index (χ1n) is 3.90. The van der Waals surface area contributed by atoms with Gasteiger partial charge in [0.2, 0.25) is 0 Å². The first-order chi connectivity index (χ1) is 4.52. The molecule has 0 N–H and O–H groups in total. The normalized spacial score (nSPS) is 29.4. The van der Waals surface area contributed by atoms with Gasteiger partial charge in [0.05, 0.1) is 6.61 Å². The average molecular weight is 143 g/mol. The molecular formula is C8H17NO. The number of hydrogen-bond acceptors (Lipinski definition) is 2. The summed E-state index contributed by atoms with van der Waals surface area (Å²) in [4.78, 5) is 2.37. The minimum Gasteiger partial charge on any atom is -0.362 e. The summed E-state index contributed by atoms with van der Waals surface area (Å²) in [6.07, 6.45) is 0.306. The highest BCUT2D eigenvalue weighted by Gasteiger charge is 2.30. The molecule has 0 bridgehead atoms. The van der Waals surface area contributed by atoms with E-state index in [1.807, 2.05) is 0 Å². The highest BCUT2D eigenvalue weighted by atomic mass is 16.5. The van der Waals surface area contributed by atoms with Gasteiger partial charge in [-0.1, -0.05) is 0 Å². The molecule has 1 rings (SSSR count). The maximum atomic E-state index is 5.42. The molecule has 2 heteroatoms. The monoisotopic (exact) mass is 143 g/mol. The molecule has 1 aliphatic heterocycles. The Labute approximate surface area is 63.2 Å². The van der Waals surface area contributed by atoms with Crippen molar-refractivity contribution in [1.29, 1.82) is 0 Å². The average Bonchev–Trinajstić information content (AvgIpc) is 2.11. The molecule has 0 aromatic heterocycles. The molecule has 2 nitrogen and oxygen atoms in total. The van der Waals surface area contributed by atoms with Gasteiger partial charge in [-0.3, -0.25) is 4.90 Å². The van der Waals surface area contributed by atoms with E-state index in [-0.39, 0.29) is 5.54 Å². The second-order valence-electron chi connectivity index (χ2n) is 3.83. The molecule has 1 saturated heterocycles. The number of nitrogens with zero attached hydrogens (tertiary/aromatic N) is 1. The summed E-state index contributed by atoms with van der Waals surface area (Å²) in [5, 5.41) is 0. The van der Waals surface area contributed by atoms with Crippen LogP contribution in [0.2, 0.25) is 0 Å². The molecule has 0 amide bonds. The number of ether oxygens (including phenoxy) is 1. The fourth-order valence-corrected chi connectivity index (χ4v) is 1.47. The summed E-state index contributed by atoms with van der Waals surface area (Å²) in [5.41, 5.74) is 0.260. The Bertz CT molecular complexity index is 117. The van der Waals surface area contributed by atoms with Crippen molar-refractivity contribution in [2.45, 2.75) is 39.5 Å². The van der Waals surface area contributed by atoms with Crippen molar-refractivity contribution in [2.75, 3.05) is 13.2 Å². The molecule has 1 aliphatic rings. The maximum Gasteiger partial charge on any atom is 0.108 e. The molecule has 1 unspecified atom stereocenters. The van der Waals surface area contributed by atoms with Crippen molar-refractivity contribution >= 4 is 0 Å². The SMILES string of the molecule is CC1OCCN1C(C)(C)C. The van der Waals surface area contributed by atoms with Crippen molar-refractivity contribution in [1.82, 2.24) is 4.90 Å². The minimum absolute atomic E-state index is 0.260. The Morgan fingerprint density at radius 3 is 2.20 bits per heavy atom. The summed E-state index contributed by atoms with van der Waals surface area (Å²) in [7, 11) is 0. The quantitative estimate of drug-likeness (QED) is 0.509. The van der Waals surface area contributed by atoms with Crippen LogP contribution < -0.4 is 0 Å². The molecule has 0 spiro atoms. The summed E-state index contributed by atoms with van der Waals surface area (Å²) in [6.45, 7) is 10.7. The molecule has 1 atom stereocenters. The van der Waals surface area contributed by atoms with Gasteiger partial charge in [-0.15, -0.1) is 0 Å². The smallest absolute Gasteiger partial charge is 0.108 e. The van der Waals surface area contributed by atoms with E-state index in [1.54, 1.807) is 0 Å². The third kappa shape index (κ3) is 1.50. The van der Waals surface area contributed by atoms with Crippen LogP contribution in [0.3, 0.4) is 0 Å². The fraction of sp³-hybridized carbons (Fsp3) is 1.00. The first kappa shape index (κ1) is 8.02. The van der Waals surface area contributed by atoms with Crippen LogP contribution in [-0.4, -0.2) is 29.8 Å². The Balaban J connectivity index is 2.55. The number of rotatable bonds is 0. The highest BCUT2D eigenvalue weighted by molar-refractivity contribution is 4.80. The van der Waals surface area contributed by atoms with Crippen LogP contribution in [0, 0.1) is 0 Å². The summed E-state index contributed by atoms with van der Waals surface area (Å²) in [6, 6.07) is 0. The van der Waals surface area contributed by atoms with Gasteiger partial charge >= 0.3 is 0 Å². The van der Waals surface area contributed by atoms with Crippen LogP contribution >= 0.6 is 0 Å². The molecule has 1 heterocycles. The van der Waals surface area contributed by atoms with Gasteiger partial charge in [-0.2, -0.15) is 0 Å². The Morgan fingerprint density at radius 1 is 1.40 bits per heavy atom. The van der Waals surface area contributed by atoms with E-state index in [0.717, 1.165) is 13.2 Å². The topological polar surface area (TPSA) is 12.5 Å². The lowest BCUT2D eigenvalue weighted by Gasteiger charge is -2.33. The molecule has 10 heavy (non-hydrogen) atoms. The van der Waals surface area contributed by atoms with Gasteiger partial charge in [0.25, 0.3) is 0 Å². The molecular weight excluding hydrogens is 126 g/mol. The van der Waals surface area contributed by atoms with E-state index in [2.05, 4.69) is 32.6 Å². The predicted octanol–water partition coefficient (Wildman–Crippen LogP) is 1.46. The first-order valence-corrected chi connectivity index (χ1v) is 3.90. The largest absolute Gasteiger partial charge is 0.362 e. The van der Waals surface area contributed by atoms with Crippen LogP contribution in [0.25, 0.3) is 0 Å². The van der Waals surface area contributed by atoms with Gasteiger partial charge in [0, 0.05) is 12.1 Å². The predicted molar refractivity (Wildman–Crippen MR) is 41.9 cm³/mol. The molecule has 1 fully saturated rings. The van der Waals surface area contributed by atoms with Crippen LogP contribution in [0.15, 0.2) is 0 Å². The Morgan fingerprint density at radius 2 is 2.00 bits per heavy atom. The van der Waals surface area contributed by atoms with Crippen molar-refractivity contribution in [3.63, 3.8) is 0 Å². The highest BCUT2D eigenvalue weighted by Crippen LogP contribution is 2.20. The van der Waals surface area contributed by atoms with Crippen LogP contribution in [-0.2, 0) is 4.74 Å². The van der Waals surface area contributed by atoms with Crippen molar-refractivity contribution < 1.29 is 4.74 Å². The third-order valence-corrected chi connectivity index (χ3v) is 1.99. The molecule has 0 radical (unpaired) electrons. The Hall–Kier alpha value is -0.0800. The molecule has 0 aliphatic carbocycles. The third-order valence-electron chi connectivity index (χ3n) is 1.99. The summed E-state index contributed by atoms with van der Waals surface area (Å²) < 4.78 is 5.42. The van der Waals surface area contributed by atoms with E-state index in [4.69, 9.17) is 4.74 Å². The van der Waals surface area contributed by atoms with Gasteiger partial charge < -0.3 is 4.74 Å². The molecule has 60 valence electrons. The van der Waals surface area contributed by atoms with Crippen LogP contribution in [0.4, 0.5) is 0 Å². The minimum atomic E-state index is 0.260. The lowest BCUT2D eigenvalue weighted by atomic mass is 10.1. The van der Waals surface area contributed by atoms with Gasteiger partial charge in [-0.05, 0) is 27.7 Å². The molecule has 0 aromatic rings. The fourth-order valence-electron chi connectivity index (χ4n) is 1.47. The van der Waals surface area contributed by atoms with Crippen LogP contribution in [0.1, 0.15) is 27.7 Å². The lowest BCUT2D eigenvalue weighted by Crippen LogP contribution is -2.43. The van der Waals surface area contributed by atoms with E-state index < -0.39 is 0 Å². The van der Waals surface area contributed by atoms with Gasteiger partial charge in [0.1, 0.15) is 6.23 Å². The van der Waals surface area contributed by atoms with E-state index in [1.165, 1.54) is 0 Å². The van der Waals surface area contributed by atoms with Crippen LogP contribution in [0.5, 0.6) is 0 Å². The van der Waals surface area contributed by atoms with E-state index in [9.17, 15) is 0 Å². The zero-order valence-electron chi connectivity index (χ0n) is 7.35. The second kappa shape index (κ2) is 2.51.